The fraction of sp³-hybridized carbons (Fsp3) is 0.438. The molecule has 0 fully saturated rings. The Hall–Kier alpha value is -1.32. The largest absolute Gasteiger partial charge is 0.316 e. The van der Waals surface area contributed by atoms with Gasteiger partial charge in [-0.1, -0.05) is 30.7 Å². The molecule has 1 atom stereocenters. The van der Waals surface area contributed by atoms with Crippen molar-refractivity contribution in [2.75, 3.05) is 7.05 Å². The molecule has 0 saturated heterocycles. The Balaban J connectivity index is 2.04. The third-order valence-corrected chi connectivity index (χ3v) is 3.90. The first-order valence-corrected chi connectivity index (χ1v) is 7.43. The van der Waals surface area contributed by atoms with Crippen LogP contribution in [0.15, 0.2) is 30.3 Å². The van der Waals surface area contributed by atoms with Crippen LogP contribution in [0.3, 0.4) is 0 Å². The summed E-state index contributed by atoms with van der Waals surface area (Å²) in [6, 6.07) is 10.7. The van der Waals surface area contributed by atoms with E-state index in [2.05, 4.69) is 35.5 Å². The second-order valence-electron chi connectivity index (χ2n) is 5.12. The summed E-state index contributed by atoms with van der Waals surface area (Å²) >= 11 is 5.92. The van der Waals surface area contributed by atoms with Crippen molar-refractivity contribution >= 4 is 11.6 Å². The van der Waals surface area contributed by atoms with Crippen LogP contribution < -0.4 is 5.32 Å². The van der Waals surface area contributed by atoms with Crippen LogP contribution in [0, 0.1) is 0 Å². The van der Waals surface area contributed by atoms with E-state index in [4.69, 9.17) is 11.6 Å². The van der Waals surface area contributed by atoms with Gasteiger partial charge in [0, 0.05) is 30.2 Å². The number of benzene rings is 1. The summed E-state index contributed by atoms with van der Waals surface area (Å²) < 4.78 is 1.99. The van der Waals surface area contributed by atoms with E-state index >= 15 is 0 Å². The Bertz CT molecular complexity index is 545. The molecule has 0 bridgehead atoms. The van der Waals surface area contributed by atoms with Crippen molar-refractivity contribution < 1.29 is 0 Å². The maximum absolute atomic E-state index is 5.92. The topological polar surface area (TPSA) is 29.9 Å². The molecule has 108 valence electrons. The average molecular weight is 292 g/mol. The molecular formula is C16H22ClN3. The van der Waals surface area contributed by atoms with Crippen LogP contribution in [0.25, 0.3) is 0 Å². The fourth-order valence-electron chi connectivity index (χ4n) is 2.37. The van der Waals surface area contributed by atoms with Crippen molar-refractivity contribution in [3.8, 4) is 0 Å². The van der Waals surface area contributed by atoms with Gasteiger partial charge in [0.05, 0.1) is 5.69 Å². The smallest absolute Gasteiger partial charge is 0.0624 e. The average Bonchev–Trinajstić information content (AvgIpc) is 2.81. The number of rotatable bonds is 6. The molecule has 3 nitrogen and oxygen atoms in total. The van der Waals surface area contributed by atoms with Gasteiger partial charge in [-0.05, 0) is 43.7 Å². The minimum Gasteiger partial charge on any atom is -0.316 e. The summed E-state index contributed by atoms with van der Waals surface area (Å²) in [6.45, 7) is 2.13. The van der Waals surface area contributed by atoms with E-state index in [0.717, 1.165) is 30.0 Å². The molecular weight excluding hydrogens is 270 g/mol. The summed E-state index contributed by atoms with van der Waals surface area (Å²) in [4.78, 5) is 0. The molecule has 1 aromatic carbocycles. The van der Waals surface area contributed by atoms with Crippen LogP contribution in [-0.2, 0) is 26.3 Å². The van der Waals surface area contributed by atoms with E-state index in [1.807, 2.05) is 30.9 Å². The Kier molecular flexibility index (Phi) is 5.21. The third-order valence-electron chi connectivity index (χ3n) is 3.65. The Morgan fingerprint density at radius 2 is 1.95 bits per heavy atom. The minimum absolute atomic E-state index is 0.399. The van der Waals surface area contributed by atoms with E-state index in [1.54, 1.807) is 0 Å². The molecule has 2 aromatic rings. The highest BCUT2D eigenvalue weighted by atomic mass is 35.5. The predicted molar refractivity (Wildman–Crippen MR) is 84.3 cm³/mol. The SMILES string of the molecule is CCc1cc(CC(Cc2ccc(Cl)cc2)NC)n(C)n1. The normalized spacial score (nSPS) is 12.6. The van der Waals surface area contributed by atoms with Crippen LogP contribution >= 0.6 is 11.6 Å². The van der Waals surface area contributed by atoms with Crippen LogP contribution in [0.5, 0.6) is 0 Å². The lowest BCUT2D eigenvalue weighted by molar-refractivity contribution is 0.533. The van der Waals surface area contributed by atoms with Crippen LogP contribution in [0.1, 0.15) is 23.9 Å². The van der Waals surface area contributed by atoms with Crippen molar-refractivity contribution in [2.45, 2.75) is 32.2 Å². The summed E-state index contributed by atoms with van der Waals surface area (Å²) in [5, 5.41) is 8.69. The standard InChI is InChI=1S/C16H22ClN3/c1-4-14-10-16(20(3)19-14)11-15(18-2)9-12-5-7-13(17)8-6-12/h5-8,10,15,18H,4,9,11H2,1-3H3. The number of halogens is 1. The highest BCUT2D eigenvalue weighted by Crippen LogP contribution is 2.13. The number of hydrogen-bond donors (Lipinski definition) is 1. The molecule has 0 spiro atoms. The van der Waals surface area contributed by atoms with Crippen LogP contribution in [0.4, 0.5) is 0 Å². The summed E-state index contributed by atoms with van der Waals surface area (Å²) in [5.74, 6) is 0. The van der Waals surface area contributed by atoms with Gasteiger partial charge in [0.15, 0.2) is 0 Å². The first kappa shape index (κ1) is 15.1. The first-order valence-electron chi connectivity index (χ1n) is 7.06. The molecule has 0 amide bonds. The van der Waals surface area contributed by atoms with Gasteiger partial charge in [0.25, 0.3) is 0 Å². The second-order valence-corrected chi connectivity index (χ2v) is 5.56. The fourth-order valence-corrected chi connectivity index (χ4v) is 2.50. The first-order chi connectivity index (χ1) is 9.62. The maximum atomic E-state index is 5.92. The van der Waals surface area contributed by atoms with Gasteiger partial charge in [0.2, 0.25) is 0 Å². The zero-order valence-corrected chi connectivity index (χ0v) is 13.1. The number of nitrogens with zero attached hydrogens (tertiary/aromatic N) is 2. The second kappa shape index (κ2) is 6.91. The van der Waals surface area contributed by atoms with Crippen LogP contribution in [0.2, 0.25) is 5.02 Å². The highest BCUT2D eigenvalue weighted by Gasteiger charge is 2.12. The van der Waals surface area contributed by atoms with Gasteiger partial charge in [-0.2, -0.15) is 5.10 Å². The summed E-state index contributed by atoms with van der Waals surface area (Å²) in [7, 11) is 4.03. The lowest BCUT2D eigenvalue weighted by atomic mass is 10.0. The molecule has 1 heterocycles. The molecule has 0 aliphatic rings. The molecule has 20 heavy (non-hydrogen) atoms. The lowest BCUT2D eigenvalue weighted by Crippen LogP contribution is -2.30. The number of aromatic nitrogens is 2. The van der Waals surface area contributed by atoms with Gasteiger partial charge in [-0.3, -0.25) is 4.68 Å². The summed E-state index contributed by atoms with van der Waals surface area (Å²) in [5.41, 5.74) is 3.73. The van der Waals surface area contributed by atoms with Crippen molar-refractivity contribution in [3.05, 3.63) is 52.3 Å². The minimum atomic E-state index is 0.399. The molecule has 0 saturated carbocycles. The molecule has 0 radical (unpaired) electrons. The van der Waals surface area contributed by atoms with Gasteiger partial charge in [0.1, 0.15) is 0 Å². The van der Waals surface area contributed by atoms with Crippen molar-refractivity contribution in [1.29, 1.82) is 0 Å². The number of nitrogens with one attached hydrogen (secondary N) is 1. The molecule has 4 heteroatoms. The molecule has 1 unspecified atom stereocenters. The van der Waals surface area contributed by atoms with E-state index in [0.29, 0.717) is 6.04 Å². The molecule has 1 aromatic heterocycles. The van der Waals surface area contributed by atoms with E-state index in [-0.39, 0.29) is 0 Å². The zero-order chi connectivity index (χ0) is 14.5. The Morgan fingerprint density at radius 3 is 2.50 bits per heavy atom. The maximum Gasteiger partial charge on any atom is 0.0624 e. The number of likely N-dealkylation sites (N-methyl/N-ethyl adjacent to an activating group) is 1. The molecule has 0 aliphatic carbocycles. The quantitative estimate of drug-likeness (QED) is 0.887. The molecule has 1 N–H and O–H groups in total. The Morgan fingerprint density at radius 1 is 1.25 bits per heavy atom. The van der Waals surface area contributed by atoms with Crippen molar-refractivity contribution in [1.82, 2.24) is 15.1 Å². The Labute approximate surface area is 126 Å². The predicted octanol–water partition coefficient (Wildman–Crippen LogP) is 3.01. The monoisotopic (exact) mass is 291 g/mol. The van der Waals surface area contributed by atoms with E-state index in [9.17, 15) is 0 Å². The molecule has 2 rings (SSSR count). The number of hydrogen-bond acceptors (Lipinski definition) is 2. The third kappa shape index (κ3) is 3.84. The molecule has 0 aliphatic heterocycles. The number of aryl methyl sites for hydroxylation is 2. The van der Waals surface area contributed by atoms with Gasteiger partial charge < -0.3 is 5.32 Å². The highest BCUT2D eigenvalue weighted by molar-refractivity contribution is 6.30. The summed E-state index contributed by atoms with van der Waals surface area (Å²) in [6.07, 6.45) is 2.94. The van der Waals surface area contributed by atoms with Gasteiger partial charge in [-0.15, -0.1) is 0 Å². The van der Waals surface area contributed by atoms with Crippen LogP contribution in [-0.4, -0.2) is 22.9 Å². The zero-order valence-electron chi connectivity index (χ0n) is 12.4. The lowest BCUT2D eigenvalue weighted by Gasteiger charge is -2.16. The van der Waals surface area contributed by atoms with E-state index in [1.165, 1.54) is 11.3 Å². The van der Waals surface area contributed by atoms with Gasteiger partial charge >= 0.3 is 0 Å². The van der Waals surface area contributed by atoms with E-state index < -0.39 is 0 Å². The van der Waals surface area contributed by atoms with Crippen molar-refractivity contribution in [3.63, 3.8) is 0 Å². The van der Waals surface area contributed by atoms with Crippen molar-refractivity contribution in [2.24, 2.45) is 7.05 Å². The van der Waals surface area contributed by atoms with Gasteiger partial charge in [-0.25, -0.2) is 0 Å².